The first-order chi connectivity index (χ1) is 7.86. The van der Waals surface area contributed by atoms with Crippen molar-refractivity contribution in [2.45, 2.75) is 0 Å². The molecule has 0 fully saturated rings. The maximum absolute atomic E-state index is 13.6. The summed E-state index contributed by atoms with van der Waals surface area (Å²) in [6, 6.07) is 10.6. The molecule has 0 saturated heterocycles. The predicted octanol–water partition coefficient (Wildman–Crippen LogP) is 3.37. The standard InChI is InChI=1S/C13H9FN2/c14-12-6-5-11(13-15-7-8-16-13)9-3-1-2-4-10(9)12/h1-8H,(H,15,16). The molecule has 78 valence electrons. The van der Waals surface area contributed by atoms with Crippen molar-refractivity contribution < 1.29 is 4.39 Å². The first-order valence-electron chi connectivity index (χ1n) is 5.03. The fourth-order valence-corrected chi connectivity index (χ4v) is 1.88. The number of hydrogen-bond acceptors (Lipinski definition) is 1. The number of hydrogen-bond donors (Lipinski definition) is 1. The minimum Gasteiger partial charge on any atom is -0.345 e. The Labute approximate surface area is 91.8 Å². The number of fused-ring (bicyclic) bond motifs is 1. The summed E-state index contributed by atoms with van der Waals surface area (Å²) in [6.45, 7) is 0. The van der Waals surface area contributed by atoms with Crippen LogP contribution in [0.1, 0.15) is 0 Å². The summed E-state index contributed by atoms with van der Waals surface area (Å²) in [5.41, 5.74) is 0.919. The Morgan fingerprint density at radius 3 is 2.56 bits per heavy atom. The Bertz CT molecular complexity index is 629. The lowest BCUT2D eigenvalue weighted by Crippen LogP contribution is -1.86. The fourth-order valence-electron chi connectivity index (χ4n) is 1.88. The molecular formula is C13H9FN2. The van der Waals surface area contributed by atoms with Gasteiger partial charge in [-0.25, -0.2) is 9.37 Å². The first kappa shape index (κ1) is 9.09. The van der Waals surface area contributed by atoms with Crippen molar-refractivity contribution in [1.82, 2.24) is 9.97 Å². The number of benzene rings is 2. The Morgan fingerprint density at radius 1 is 1.00 bits per heavy atom. The first-order valence-corrected chi connectivity index (χ1v) is 5.03. The predicted molar refractivity (Wildman–Crippen MR) is 61.5 cm³/mol. The smallest absolute Gasteiger partial charge is 0.137 e. The van der Waals surface area contributed by atoms with Crippen LogP contribution in [0, 0.1) is 5.82 Å². The Kier molecular flexibility index (Phi) is 1.96. The van der Waals surface area contributed by atoms with Gasteiger partial charge >= 0.3 is 0 Å². The van der Waals surface area contributed by atoms with E-state index in [-0.39, 0.29) is 5.82 Å². The molecule has 0 radical (unpaired) electrons. The summed E-state index contributed by atoms with van der Waals surface area (Å²) in [5, 5.41) is 1.49. The van der Waals surface area contributed by atoms with Gasteiger partial charge in [-0.3, -0.25) is 0 Å². The van der Waals surface area contributed by atoms with Crippen LogP contribution in [-0.4, -0.2) is 9.97 Å². The summed E-state index contributed by atoms with van der Waals surface area (Å²) in [5.74, 6) is 0.558. The molecule has 0 spiro atoms. The second kappa shape index (κ2) is 3.45. The van der Waals surface area contributed by atoms with Gasteiger partial charge in [-0.2, -0.15) is 0 Å². The molecule has 1 N–H and O–H groups in total. The van der Waals surface area contributed by atoms with Crippen molar-refractivity contribution in [3.63, 3.8) is 0 Å². The molecule has 3 rings (SSSR count). The van der Waals surface area contributed by atoms with Crippen LogP contribution in [0.2, 0.25) is 0 Å². The number of aromatic nitrogens is 2. The van der Waals surface area contributed by atoms with Gasteiger partial charge in [0.05, 0.1) is 0 Å². The van der Waals surface area contributed by atoms with Crippen LogP contribution in [0.5, 0.6) is 0 Å². The average Bonchev–Trinajstić information content (AvgIpc) is 2.83. The summed E-state index contributed by atoms with van der Waals surface area (Å²) < 4.78 is 13.6. The van der Waals surface area contributed by atoms with Gasteiger partial charge in [-0.05, 0) is 17.5 Å². The van der Waals surface area contributed by atoms with Crippen molar-refractivity contribution >= 4 is 10.8 Å². The van der Waals surface area contributed by atoms with E-state index in [0.717, 1.165) is 16.8 Å². The van der Waals surface area contributed by atoms with Crippen LogP contribution in [0.25, 0.3) is 22.2 Å². The summed E-state index contributed by atoms with van der Waals surface area (Å²) in [6.07, 6.45) is 3.45. The lowest BCUT2D eigenvalue weighted by Gasteiger charge is -2.04. The van der Waals surface area contributed by atoms with Crippen LogP contribution < -0.4 is 0 Å². The molecule has 0 unspecified atom stereocenters. The highest BCUT2D eigenvalue weighted by atomic mass is 19.1. The number of halogens is 1. The van der Waals surface area contributed by atoms with E-state index in [1.807, 2.05) is 18.2 Å². The molecule has 2 nitrogen and oxygen atoms in total. The van der Waals surface area contributed by atoms with E-state index in [2.05, 4.69) is 9.97 Å². The van der Waals surface area contributed by atoms with E-state index in [1.54, 1.807) is 24.5 Å². The summed E-state index contributed by atoms with van der Waals surface area (Å²) in [4.78, 5) is 7.22. The average molecular weight is 212 g/mol. The second-order valence-corrected chi connectivity index (χ2v) is 3.58. The van der Waals surface area contributed by atoms with Crippen LogP contribution >= 0.6 is 0 Å². The van der Waals surface area contributed by atoms with Gasteiger partial charge in [0.1, 0.15) is 11.6 Å². The zero-order chi connectivity index (χ0) is 11.0. The van der Waals surface area contributed by atoms with Crippen LogP contribution in [0.4, 0.5) is 4.39 Å². The highest BCUT2D eigenvalue weighted by Crippen LogP contribution is 2.27. The molecular weight excluding hydrogens is 203 g/mol. The van der Waals surface area contributed by atoms with Crippen molar-refractivity contribution in [2.24, 2.45) is 0 Å². The number of rotatable bonds is 1. The van der Waals surface area contributed by atoms with E-state index in [0.29, 0.717) is 5.39 Å². The van der Waals surface area contributed by atoms with Gasteiger partial charge in [-0.15, -0.1) is 0 Å². The van der Waals surface area contributed by atoms with Crippen LogP contribution in [0.15, 0.2) is 48.8 Å². The monoisotopic (exact) mass is 212 g/mol. The van der Waals surface area contributed by atoms with Gasteiger partial charge in [-0.1, -0.05) is 24.3 Å². The largest absolute Gasteiger partial charge is 0.345 e. The molecule has 0 bridgehead atoms. The van der Waals surface area contributed by atoms with Crippen molar-refractivity contribution in [3.05, 3.63) is 54.6 Å². The van der Waals surface area contributed by atoms with E-state index < -0.39 is 0 Å². The van der Waals surface area contributed by atoms with Crippen LogP contribution in [-0.2, 0) is 0 Å². The number of imidazole rings is 1. The molecule has 0 saturated carbocycles. The van der Waals surface area contributed by atoms with Crippen molar-refractivity contribution in [2.75, 3.05) is 0 Å². The van der Waals surface area contributed by atoms with E-state index in [4.69, 9.17) is 0 Å². The van der Waals surface area contributed by atoms with Gasteiger partial charge in [0, 0.05) is 23.3 Å². The summed E-state index contributed by atoms with van der Waals surface area (Å²) >= 11 is 0. The minimum atomic E-state index is -0.203. The normalized spacial score (nSPS) is 10.8. The Hall–Kier alpha value is -2.16. The number of nitrogens with zero attached hydrogens (tertiary/aromatic N) is 1. The lowest BCUT2D eigenvalue weighted by molar-refractivity contribution is 0.640. The zero-order valence-corrected chi connectivity index (χ0v) is 8.44. The van der Waals surface area contributed by atoms with Gasteiger partial charge in [0.2, 0.25) is 0 Å². The van der Waals surface area contributed by atoms with E-state index >= 15 is 0 Å². The van der Waals surface area contributed by atoms with E-state index in [9.17, 15) is 4.39 Å². The molecule has 3 aromatic rings. The molecule has 1 heterocycles. The quantitative estimate of drug-likeness (QED) is 0.658. The second-order valence-electron chi connectivity index (χ2n) is 3.58. The van der Waals surface area contributed by atoms with Gasteiger partial charge in [0.25, 0.3) is 0 Å². The molecule has 0 aliphatic rings. The SMILES string of the molecule is Fc1ccc(-c2ncc[nH]2)c2ccccc12. The maximum atomic E-state index is 13.6. The topological polar surface area (TPSA) is 28.7 Å². The molecule has 0 atom stereocenters. The third-order valence-electron chi connectivity index (χ3n) is 2.62. The number of nitrogens with one attached hydrogen (secondary N) is 1. The third kappa shape index (κ3) is 1.29. The van der Waals surface area contributed by atoms with Crippen molar-refractivity contribution in [1.29, 1.82) is 0 Å². The minimum absolute atomic E-state index is 0.203. The molecule has 0 aliphatic carbocycles. The van der Waals surface area contributed by atoms with Gasteiger partial charge in [0.15, 0.2) is 0 Å². The Balaban J connectivity index is 2.39. The number of H-pyrrole nitrogens is 1. The zero-order valence-electron chi connectivity index (χ0n) is 8.44. The highest BCUT2D eigenvalue weighted by molar-refractivity contribution is 5.95. The molecule has 0 aliphatic heterocycles. The highest BCUT2D eigenvalue weighted by Gasteiger charge is 2.08. The lowest BCUT2D eigenvalue weighted by atomic mass is 10.0. The molecule has 1 aromatic heterocycles. The molecule has 0 amide bonds. The van der Waals surface area contributed by atoms with Gasteiger partial charge < -0.3 is 4.98 Å². The van der Waals surface area contributed by atoms with E-state index in [1.165, 1.54) is 6.07 Å². The van der Waals surface area contributed by atoms with Crippen LogP contribution in [0.3, 0.4) is 0 Å². The van der Waals surface area contributed by atoms with Crippen molar-refractivity contribution in [3.8, 4) is 11.4 Å². The maximum Gasteiger partial charge on any atom is 0.137 e. The molecule has 3 heteroatoms. The third-order valence-corrected chi connectivity index (χ3v) is 2.62. The fraction of sp³-hybridized carbons (Fsp3) is 0. The molecule has 2 aromatic carbocycles. The Morgan fingerprint density at radius 2 is 1.81 bits per heavy atom. The molecule has 16 heavy (non-hydrogen) atoms. The summed E-state index contributed by atoms with van der Waals surface area (Å²) in [7, 11) is 0. The number of aromatic amines is 1.